The van der Waals surface area contributed by atoms with Gasteiger partial charge in [0.1, 0.15) is 0 Å². The Labute approximate surface area is 58.9 Å². The zero-order valence-electron chi connectivity index (χ0n) is 5.55. The first-order valence-corrected chi connectivity index (χ1v) is 3.14. The fourth-order valence-electron chi connectivity index (χ4n) is 0.734. The van der Waals surface area contributed by atoms with Crippen molar-refractivity contribution in [1.29, 1.82) is 5.41 Å². The number of hydrogen-bond acceptors (Lipinski definition) is 2. The predicted molar refractivity (Wildman–Crippen MR) is 37.2 cm³/mol. The van der Waals surface area contributed by atoms with E-state index in [0.29, 0.717) is 0 Å². The SMILES string of the molecule is C=C(C(=N)C1CC1)C(=O)O. The van der Waals surface area contributed by atoms with Crippen LogP contribution in [-0.4, -0.2) is 16.8 Å². The topological polar surface area (TPSA) is 61.2 Å². The average Bonchev–Trinajstić information content (AvgIpc) is 2.65. The minimum Gasteiger partial charge on any atom is -0.478 e. The zero-order chi connectivity index (χ0) is 7.72. The van der Waals surface area contributed by atoms with Crippen LogP contribution in [0.3, 0.4) is 0 Å². The molecule has 0 heterocycles. The molecule has 0 amide bonds. The summed E-state index contributed by atoms with van der Waals surface area (Å²) >= 11 is 0. The molecule has 2 N–H and O–H groups in total. The van der Waals surface area contributed by atoms with Gasteiger partial charge in [-0.2, -0.15) is 0 Å². The molecule has 10 heavy (non-hydrogen) atoms. The molecule has 1 aliphatic rings. The quantitative estimate of drug-likeness (QED) is 0.453. The Bertz CT molecular complexity index is 204. The van der Waals surface area contributed by atoms with Crippen molar-refractivity contribution < 1.29 is 9.90 Å². The Kier molecular flexibility index (Phi) is 1.57. The van der Waals surface area contributed by atoms with Gasteiger partial charge in [0.2, 0.25) is 0 Å². The maximum Gasteiger partial charge on any atom is 0.336 e. The van der Waals surface area contributed by atoms with Crippen molar-refractivity contribution in [3.05, 3.63) is 12.2 Å². The molecule has 3 nitrogen and oxygen atoms in total. The monoisotopic (exact) mass is 139 g/mol. The highest BCUT2D eigenvalue weighted by Crippen LogP contribution is 2.32. The third-order valence-electron chi connectivity index (χ3n) is 1.57. The lowest BCUT2D eigenvalue weighted by Crippen LogP contribution is -2.11. The van der Waals surface area contributed by atoms with E-state index in [2.05, 4.69) is 6.58 Å². The molecule has 0 aromatic heterocycles. The summed E-state index contributed by atoms with van der Waals surface area (Å²) in [6, 6.07) is 0. The molecule has 0 aromatic rings. The molecule has 0 unspecified atom stereocenters. The number of aliphatic carboxylic acids is 1. The predicted octanol–water partition coefficient (Wildman–Crippen LogP) is 1.06. The lowest BCUT2D eigenvalue weighted by Gasteiger charge is -1.98. The van der Waals surface area contributed by atoms with Gasteiger partial charge in [0.15, 0.2) is 0 Å². The van der Waals surface area contributed by atoms with Gasteiger partial charge in [0.25, 0.3) is 0 Å². The highest BCUT2D eigenvalue weighted by Gasteiger charge is 2.29. The molecule has 0 bridgehead atoms. The van der Waals surface area contributed by atoms with Crippen LogP contribution in [0.1, 0.15) is 12.8 Å². The maximum atomic E-state index is 10.2. The summed E-state index contributed by atoms with van der Waals surface area (Å²) in [5.41, 5.74) is 0.148. The molecular weight excluding hydrogens is 130 g/mol. The van der Waals surface area contributed by atoms with Crippen LogP contribution in [0.4, 0.5) is 0 Å². The molecule has 1 fully saturated rings. The van der Waals surface area contributed by atoms with Crippen molar-refractivity contribution in [3.8, 4) is 0 Å². The first kappa shape index (κ1) is 6.99. The van der Waals surface area contributed by atoms with Crippen molar-refractivity contribution in [2.45, 2.75) is 12.8 Å². The van der Waals surface area contributed by atoms with Gasteiger partial charge in [-0.3, -0.25) is 0 Å². The molecular formula is C7H9NO2. The van der Waals surface area contributed by atoms with E-state index in [0.717, 1.165) is 12.8 Å². The second-order valence-electron chi connectivity index (χ2n) is 2.47. The summed E-state index contributed by atoms with van der Waals surface area (Å²) in [4.78, 5) is 10.2. The fourth-order valence-corrected chi connectivity index (χ4v) is 0.734. The Morgan fingerprint density at radius 1 is 1.60 bits per heavy atom. The Balaban J connectivity index is 2.55. The van der Waals surface area contributed by atoms with Crippen molar-refractivity contribution in [3.63, 3.8) is 0 Å². The number of nitrogens with one attached hydrogen (secondary N) is 1. The summed E-state index contributed by atoms with van der Waals surface area (Å²) in [5, 5.41) is 15.7. The molecule has 0 saturated heterocycles. The molecule has 1 aliphatic carbocycles. The molecule has 0 aliphatic heterocycles. The second-order valence-corrected chi connectivity index (χ2v) is 2.47. The van der Waals surface area contributed by atoms with E-state index in [1.54, 1.807) is 0 Å². The van der Waals surface area contributed by atoms with Crippen molar-refractivity contribution in [2.75, 3.05) is 0 Å². The average molecular weight is 139 g/mol. The summed E-state index contributed by atoms with van der Waals surface area (Å²) in [7, 11) is 0. The van der Waals surface area contributed by atoms with E-state index < -0.39 is 5.97 Å². The van der Waals surface area contributed by atoms with Crippen molar-refractivity contribution >= 4 is 11.7 Å². The minimum atomic E-state index is -1.07. The van der Waals surface area contributed by atoms with Gasteiger partial charge in [-0.15, -0.1) is 0 Å². The van der Waals surface area contributed by atoms with Gasteiger partial charge in [0, 0.05) is 11.6 Å². The van der Waals surface area contributed by atoms with Crippen LogP contribution >= 0.6 is 0 Å². The van der Waals surface area contributed by atoms with E-state index in [4.69, 9.17) is 10.5 Å². The lowest BCUT2D eigenvalue weighted by molar-refractivity contribution is -0.132. The van der Waals surface area contributed by atoms with Gasteiger partial charge < -0.3 is 10.5 Å². The molecule has 0 atom stereocenters. The summed E-state index contributed by atoms with van der Waals surface area (Å²) in [6.45, 7) is 3.29. The van der Waals surface area contributed by atoms with E-state index in [9.17, 15) is 4.79 Å². The van der Waals surface area contributed by atoms with E-state index >= 15 is 0 Å². The molecule has 1 rings (SSSR count). The Morgan fingerprint density at radius 2 is 2.10 bits per heavy atom. The van der Waals surface area contributed by atoms with Crippen LogP contribution in [0, 0.1) is 11.3 Å². The highest BCUT2D eigenvalue weighted by molar-refractivity contribution is 6.18. The molecule has 54 valence electrons. The largest absolute Gasteiger partial charge is 0.478 e. The standard InChI is InChI=1S/C7H9NO2/c1-4(7(9)10)6(8)5-2-3-5/h5,8H,1-3H2,(H,9,10). The number of carboxylic acid groups (broad SMARTS) is 1. The van der Waals surface area contributed by atoms with Crippen molar-refractivity contribution in [1.82, 2.24) is 0 Å². The second kappa shape index (κ2) is 2.25. The van der Waals surface area contributed by atoms with Gasteiger partial charge in [-0.1, -0.05) is 6.58 Å². The number of rotatable bonds is 3. The first-order valence-electron chi connectivity index (χ1n) is 3.14. The smallest absolute Gasteiger partial charge is 0.336 e. The number of carbonyl (C=O) groups is 1. The summed E-state index contributed by atoms with van der Waals surface area (Å²) in [5.74, 6) is -0.888. The van der Waals surface area contributed by atoms with Gasteiger partial charge in [0.05, 0.1) is 5.57 Å². The normalized spacial score (nSPS) is 16.4. The summed E-state index contributed by atoms with van der Waals surface area (Å²) < 4.78 is 0. The minimum absolute atomic E-state index is 0.0532. The Morgan fingerprint density at radius 3 is 2.40 bits per heavy atom. The van der Waals surface area contributed by atoms with Gasteiger partial charge in [-0.25, -0.2) is 4.79 Å². The van der Waals surface area contributed by atoms with Gasteiger partial charge in [-0.05, 0) is 12.8 Å². The zero-order valence-corrected chi connectivity index (χ0v) is 5.55. The van der Waals surface area contributed by atoms with E-state index in [1.807, 2.05) is 0 Å². The van der Waals surface area contributed by atoms with Crippen LogP contribution in [0.15, 0.2) is 12.2 Å². The first-order chi connectivity index (χ1) is 4.63. The third kappa shape index (κ3) is 1.23. The molecule has 0 aromatic carbocycles. The van der Waals surface area contributed by atoms with Crippen LogP contribution in [-0.2, 0) is 4.79 Å². The third-order valence-corrected chi connectivity index (χ3v) is 1.57. The number of carboxylic acids is 1. The Hall–Kier alpha value is -1.12. The van der Waals surface area contributed by atoms with Crippen LogP contribution in [0.2, 0.25) is 0 Å². The molecule has 3 heteroatoms. The maximum absolute atomic E-state index is 10.2. The summed E-state index contributed by atoms with van der Waals surface area (Å²) in [6.07, 6.45) is 1.90. The molecule has 0 radical (unpaired) electrons. The highest BCUT2D eigenvalue weighted by atomic mass is 16.4. The molecule has 1 saturated carbocycles. The van der Waals surface area contributed by atoms with Crippen molar-refractivity contribution in [2.24, 2.45) is 5.92 Å². The lowest BCUT2D eigenvalue weighted by atomic mass is 10.1. The van der Waals surface area contributed by atoms with Crippen LogP contribution in [0.5, 0.6) is 0 Å². The van der Waals surface area contributed by atoms with E-state index in [1.165, 1.54) is 0 Å². The fraction of sp³-hybridized carbons (Fsp3) is 0.429. The van der Waals surface area contributed by atoms with Crippen LogP contribution < -0.4 is 0 Å². The van der Waals surface area contributed by atoms with Crippen LogP contribution in [0.25, 0.3) is 0 Å². The molecule has 0 spiro atoms. The number of hydrogen-bond donors (Lipinski definition) is 2. The van der Waals surface area contributed by atoms with E-state index in [-0.39, 0.29) is 17.2 Å². The van der Waals surface area contributed by atoms with Gasteiger partial charge >= 0.3 is 5.97 Å².